The number of hydrogen-bond acceptors (Lipinski definition) is 2. The Bertz CT molecular complexity index is 638. The van der Waals surface area contributed by atoms with Crippen LogP contribution in [0.15, 0.2) is 18.2 Å². The van der Waals surface area contributed by atoms with Gasteiger partial charge in [0.25, 0.3) is 0 Å². The molecule has 1 aromatic rings. The quantitative estimate of drug-likeness (QED) is 0.919. The molecule has 0 spiro atoms. The zero-order valence-corrected chi connectivity index (χ0v) is 13.7. The van der Waals surface area contributed by atoms with Gasteiger partial charge in [0.15, 0.2) is 11.6 Å². The van der Waals surface area contributed by atoms with Gasteiger partial charge in [0.1, 0.15) is 0 Å². The topological polar surface area (TPSA) is 49.4 Å². The Balaban J connectivity index is 1.51. The van der Waals surface area contributed by atoms with E-state index in [0.29, 0.717) is 31.5 Å². The summed E-state index contributed by atoms with van der Waals surface area (Å²) in [7, 11) is 0. The van der Waals surface area contributed by atoms with Crippen molar-refractivity contribution in [2.24, 2.45) is 11.8 Å². The summed E-state index contributed by atoms with van der Waals surface area (Å²) in [5, 5.41) is 2.86. The van der Waals surface area contributed by atoms with Crippen LogP contribution in [0.2, 0.25) is 0 Å². The smallest absolute Gasteiger partial charge is 0.225 e. The Kier molecular flexibility index (Phi) is 4.83. The minimum Gasteiger partial charge on any atom is -0.349 e. The number of nitrogens with zero attached hydrogens (tertiary/aromatic N) is 1. The predicted molar refractivity (Wildman–Crippen MR) is 84.9 cm³/mol. The molecule has 1 aliphatic carbocycles. The first-order chi connectivity index (χ1) is 11.5. The first-order valence-electron chi connectivity index (χ1n) is 8.50. The molecule has 6 heteroatoms. The van der Waals surface area contributed by atoms with Crippen LogP contribution < -0.4 is 5.32 Å². The van der Waals surface area contributed by atoms with E-state index in [0.717, 1.165) is 25.0 Å². The first kappa shape index (κ1) is 16.9. The summed E-state index contributed by atoms with van der Waals surface area (Å²) >= 11 is 0. The summed E-state index contributed by atoms with van der Waals surface area (Å²) in [6.07, 6.45) is 3.28. The molecule has 1 atom stereocenters. The molecule has 1 heterocycles. The number of halogens is 2. The third-order valence-electron chi connectivity index (χ3n) is 4.91. The second kappa shape index (κ2) is 6.87. The van der Waals surface area contributed by atoms with Gasteiger partial charge in [-0.25, -0.2) is 8.78 Å². The third kappa shape index (κ3) is 3.74. The van der Waals surface area contributed by atoms with E-state index in [1.807, 2.05) is 4.90 Å². The van der Waals surface area contributed by atoms with Crippen molar-refractivity contribution in [1.82, 2.24) is 10.2 Å². The Morgan fingerprint density at radius 1 is 1.08 bits per heavy atom. The van der Waals surface area contributed by atoms with Crippen molar-refractivity contribution in [2.45, 2.75) is 38.6 Å². The molecule has 0 radical (unpaired) electrons. The van der Waals surface area contributed by atoms with Gasteiger partial charge in [-0.15, -0.1) is 0 Å². The van der Waals surface area contributed by atoms with Gasteiger partial charge in [-0.2, -0.15) is 0 Å². The van der Waals surface area contributed by atoms with Crippen molar-refractivity contribution in [3.8, 4) is 0 Å². The molecular formula is C18H22F2N2O2. The lowest BCUT2D eigenvalue weighted by molar-refractivity contribution is -0.136. The number of nitrogens with one attached hydrogen (secondary N) is 1. The number of rotatable bonds is 4. The average Bonchev–Trinajstić information content (AvgIpc) is 3.41. The highest BCUT2D eigenvalue weighted by molar-refractivity contribution is 5.82. The molecule has 2 aliphatic rings. The van der Waals surface area contributed by atoms with Crippen LogP contribution in [0.4, 0.5) is 8.78 Å². The van der Waals surface area contributed by atoms with Crippen LogP contribution in [0.25, 0.3) is 0 Å². The normalized spacial score (nSPS) is 19.9. The SMILES string of the molecule is CC(NC(=O)C1CCN(C(=O)C2CC2)CC1)c1ccc(F)c(F)c1. The molecule has 4 nitrogen and oxygen atoms in total. The highest BCUT2D eigenvalue weighted by Gasteiger charge is 2.36. The molecule has 24 heavy (non-hydrogen) atoms. The van der Waals surface area contributed by atoms with Crippen molar-refractivity contribution in [3.05, 3.63) is 35.4 Å². The number of carbonyl (C=O) groups is 2. The Labute approximate surface area is 140 Å². The fourth-order valence-corrected chi connectivity index (χ4v) is 3.15. The van der Waals surface area contributed by atoms with Crippen LogP contribution >= 0.6 is 0 Å². The van der Waals surface area contributed by atoms with E-state index in [-0.39, 0.29) is 23.7 Å². The second-order valence-corrected chi connectivity index (χ2v) is 6.78. The Morgan fingerprint density at radius 3 is 2.33 bits per heavy atom. The van der Waals surface area contributed by atoms with E-state index >= 15 is 0 Å². The monoisotopic (exact) mass is 336 g/mol. The van der Waals surface area contributed by atoms with Crippen LogP contribution in [0, 0.1) is 23.5 Å². The van der Waals surface area contributed by atoms with E-state index in [2.05, 4.69) is 5.32 Å². The molecule has 1 aromatic carbocycles. The molecule has 1 N–H and O–H groups in total. The lowest BCUT2D eigenvalue weighted by atomic mass is 9.95. The maximum Gasteiger partial charge on any atom is 0.225 e. The summed E-state index contributed by atoms with van der Waals surface area (Å²) in [5.74, 6) is -1.61. The van der Waals surface area contributed by atoms with Crippen LogP contribution in [-0.4, -0.2) is 29.8 Å². The fourth-order valence-electron chi connectivity index (χ4n) is 3.15. The third-order valence-corrected chi connectivity index (χ3v) is 4.91. The second-order valence-electron chi connectivity index (χ2n) is 6.78. The van der Waals surface area contributed by atoms with Crippen molar-refractivity contribution in [1.29, 1.82) is 0 Å². The molecule has 1 saturated heterocycles. The lowest BCUT2D eigenvalue weighted by Gasteiger charge is -2.32. The van der Waals surface area contributed by atoms with E-state index in [1.54, 1.807) is 6.92 Å². The maximum absolute atomic E-state index is 13.3. The van der Waals surface area contributed by atoms with Crippen molar-refractivity contribution < 1.29 is 18.4 Å². The number of likely N-dealkylation sites (tertiary alicyclic amines) is 1. The molecule has 2 amide bonds. The average molecular weight is 336 g/mol. The zero-order valence-electron chi connectivity index (χ0n) is 13.7. The Morgan fingerprint density at radius 2 is 1.75 bits per heavy atom. The fraction of sp³-hybridized carbons (Fsp3) is 0.556. The summed E-state index contributed by atoms with van der Waals surface area (Å²) in [5.41, 5.74) is 0.531. The maximum atomic E-state index is 13.3. The minimum absolute atomic E-state index is 0.0919. The highest BCUT2D eigenvalue weighted by atomic mass is 19.2. The van der Waals surface area contributed by atoms with Crippen LogP contribution in [0.5, 0.6) is 0 Å². The van der Waals surface area contributed by atoms with Gasteiger partial charge < -0.3 is 10.2 Å². The standard InChI is InChI=1S/C18H22F2N2O2/c1-11(14-4-5-15(19)16(20)10-14)21-17(23)12-6-8-22(9-7-12)18(24)13-2-3-13/h4-5,10-13H,2-3,6-9H2,1H3,(H,21,23). The van der Waals surface area contributed by atoms with Crippen molar-refractivity contribution >= 4 is 11.8 Å². The molecular weight excluding hydrogens is 314 g/mol. The minimum atomic E-state index is -0.916. The molecule has 1 saturated carbocycles. The number of benzene rings is 1. The molecule has 1 unspecified atom stereocenters. The van der Waals surface area contributed by atoms with E-state index in [4.69, 9.17) is 0 Å². The summed E-state index contributed by atoms with van der Waals surface area (Å²) < 4.78 is 26.3. The van der Waals surface area contributed by atoms with Gasteiger partial charge in [-0.3, -0.25) is 9.59 Å². The van der Waals surface area contributed by atoms with Crippen LogP contribution in [0.3, 0.4) is 0 Å². The lowest BCUT2D eigenvalue weighted by Crippen LogP contribution is -2.44. The van der Waals surface area contributed by atoms with Gasteiger partial charge in [0.05, 0.1) is 6.04 Å². The molecule has 3 rings (SSSR count). The summed E-state index contributed by atoms with van der Waals surface area (Å²) in [4.78, 5) is 26.3. The number of carbonyl (C=O) groups excluding carboxylic acids is 2. The van der Waals surface area contributed by atoms with Crippen molar-refractivity contribution in [2.75, 3.05) is 13.1 Å². The molecule has 2 fully saturated rings. The highest BCUT2D eigenvalue weighted by Crippen LogP contribution is 2.32. The number of hydrogen-bond donors (Lipinski definition) is 1. The van der Waals surface area contributed by atoms with Gasteiger partial charge in [0.2, 0.25) is 11.8 Å². The van der Waals surface area contributed by atoms with Crippen molar-refractivity contribution in [3.63, 3.8) is 0 Å². The Hall–Kier alpha value is -1.98. The van der Waals surface area contributed by atoms with E-state index < -0.39 is 17.7 Å². The van der Waals surface area contributed by atoms with Gasteiger partial charge >= 0.3 is 0 Å². The number of piperidine rings is 1. The largest absolute Gasteiger partial charge is 0.349 e. The zero-order chi connectivity index (χ0) is 17.3. The summed E-state index contributed by atoms with van der Waals surface area (Å²) in [6.45, 7) is 2.98. The van der Waals surface area contributed by atoms with E-state index in [9.17, 15) is 18.4 Å². The van der Waals surface area contributed by atoms with Gasteiger partial charge in [-0.05, 0) is 50.3 Å². The van der Waals surface area contributed by atoms with E-state index in [1.165, 1.54) is 6.07 Å². The molecule has 130 valence electrons. The van der Waals surface area contributed by atoms with Gasteiger partial charge in [0, 0.05) is 24.9 Å². The predicted octanol–water partition coefficient (Wildman–Crippen LogP) is 2.79. The summed E-state index contributed by atoms with van der Waals surface area (Å²) in [6, 6.07) is 3.26. The van der Waals surface area contributed by atoms with Crippen LogP contribution in [-0.2, 0) is 9.59 Å². The molecule has 0 aromatic heterocycles. The molecule has 0 bridgehead atoms. The number of amides is 2. The first-order valence-corrected chi connectivity index (χ1v) is 8.50. The van der Waals surface area contributed by atoms with Gasteiger partial charge in [-0.1, -0.05) is 6.07 Å². The molecule has 1 aliphatic heterocycles. The van der Waals surface area contributed by atoms with Crippen LogP contribution in [0.1, 0.15) is 44.2 Å².